The zero-order valence-corrected chi connectivity index (χ0v) is 7.61. The summed E-state index contributed by atoms with van der Waals surface area (Å²) >= 11 is 1.88. The Morgan fingerprint density at radius 2 is 2.18 bits per heavy atom. The molecule has 2 N–H and O–H groups in total. The summed E-state index contributed by atoms with van der Waals surface area (Å²) in [5, 5.41) is 10.3. The van der Waals surface area contributed by atoms with Gasteiger partial charge in [-0.25, -0.2) is 0 Å². The first-order valence-corrected chi connectivity index (χ1v) is 3.88. The van der Waals surface area contributed by atoms with Crippen LogP contribution in [-0.4, -0.2) is 4.92 Å². The van der Waals surface area contributed by atoms with Crippen molar-refractivity contribution in [3.05, 3.63) is 31.9 Å². The van der Waals surface area contributed by atoms with E-state index < -0.39 is 4.92 Å². The number of nitro groups is 1. The van der Waals surface area contributed by atoms with Gasteiger partial charge in [0.05, 0.1) is 8.49 Å². The quantitative estimate of drug-likeness (QED) is 0.364. The number of nitrogen functional groups attached to an aromatic ring is 1. The highest BCUT2D eigenvalue weighted by molar-refractivity contribution is 14.1. The number of anilines is 1. The molecule has 0 atom stereocenters. The monoisotopic (exact) mass is 264 g/mol. The van der Waals surface area contributed by atoms with Crippen LogP contribution >= 0.6 is 22.6 Å². The Labute approximate surface area is 76.7 Å². The van der Waals surface area contributed by atoms with E-state index in [2.05, 4.69) is 0 Å². The van der Waals surface area contributed by atoms with Crippen LogP contribution < -0.4 is 5.73 Å². The summed E-state index contributed by atoms with van der Waals surface area (Å²) in [4.78, 5) is 9.86. The molecule has 0 aliphatic carbocycles. The average molecular weight is 264 g/mol. The standard InChI is InChI=1S/C6H5IN2O2/c7-5-3-4(8)1-2-6(5)9(10)11/h1-3H,8H2. The highest BCUT2D eigenvalue weighted by Gasteiger charge is 2.09. The van der Waals surface area contributed by atoms with Crippen LogP contribution in [0, 0.1) is 13.7 Å². The molecule has 0 fully saturated rings. The van der Waals surface area contributed by atoms with E-state index in [4.69, 9.17) is 5.73 Å². The molecule has 11 heavy (non-hydrogen) atoms. The van der Waals surface area contributed by atoms with Gasteiger partial charge in [-0.05, 0) is 34.7 Å². The Balaban J connectivity index is 3.20. The zero-order valence-electron chi connectivity index (χ0n) is 5.45. The molecule has 0 aromatic heterocycles. The first-order chi connectivity index (χ1) is 5.11. The van der Waals surface area contributed by atoms with E-state index in [9.17, 15) is 10.1 Å². The van der Waals surface area contributed by atoms with E-state index in [0.717, 1.165) is 0 Å². The van der Waals surface area contributed by atoms with Crippen LogP contribution in [0.25, 0.3) is 0 Å². The second-order valence-corrected chi connectivity index (χ2v) is 3.13. The van der Waals surface area contributed by atoms with E-state index in [-0.39, 0.29) is 5.69 Å². The van der Waals surface area contributed by atoms with Crippen LogP contribution in [0.3, 0.4) is 0 Å². The zero-order chi connectivity index (χ0) is 8.43. The molecule has 5 heteroatoms. The minimum Gasteiger partial charge on any atom is -0.399 e. The molecule has 0 aliphatic rings. The summed E-state index contributed by atoms with van der Waals surface area (Å²) in [6.45, 7) is 0. The second-order valence-electron chi connectivity index (χ2n) is 1.97. The number of halogens is 1. The van der Waals surface area contributed by atoms with Crippen molar-refractivity contribution in [2.45, 2.75) is 0 Å². The summed E-state index contributed by atoms with van der Waals surface area (Å²) in [6, 6.07) is 4.48. The lowest BCUT2D eigenvalue weighted by atomic mass is 10.3. The van der Waals surface area contributed by atoms with Gasteiger partial charge in [0.15, 0.2) is 0 Å². The maximum absolute atomic E-state index is 10.3. The van der Waals surface area contributed by atoms with Gasteiger partial charge in [0.2, 0.25) is 0 Å². The van der Waals surface area contributed by atoms with Crippen molar-refractivity contribution in [3.63, 3.8) is 0 Å². The molecular weight excluding hydrogens is 259 g/mol. The third-order valence-electron chi connectivity index (χ3n) is 1.17. The summed E-state index contributed by atoms with van der Waals surface area (Å²) in [7, 11) is 0. The lowest BCUT2D eigenvalue weighted by Gasteiger charge is -1.95. The summed E-state index contributed by atoms with van der Waals surface area (Å²) in [6.07, 6.45) is 0. The molecule has 0 aliphatic heterocycles. The molecule has 0 saturated carbocycles. The lowest BCUT2D eigenvalue weighted by Crippen LogP contribution is -1.92. The van der Waals surface area contributed by atoms with Crippen molar-refractivity contribution in [2.75, 3.05) is 5.73 Å². The summed E-state index contributed by atoms with van der Waals surface area (Å²) in [5.74, 6) is 0. The van der Waals surface area contributed by atoms with Crippen LogP contribution in [0.1, 0.15) is 0 Å². The van der Waals surface area contributed by atoms with Crippen LogP contribution in [-0.2, 0) is 0 Å². The SMILES string of the molecule is Nc1ccc([N+](=O)[O-])c(I)c1. The molecule has 0 amide bonds. The van der Waals surface area contributed by atoms with Crippen molar-refractivity contribution >= 4 is 34.0 Å². The highest BCUT2D eigenvalue weighted by atomic mass is 127. The molecular formula is C6H5IN2O2. The van der Waals surface area contributed by atoms with Crippen molar-refractivity contribution in [1.82, 2.24) is 0 Å². The Kier molecular flexibility index (Phi) is 2.28. The van der Waals surface area contributed by atoms with Gasteiger partial charge in [0.1, 0.15) is 0 Å². The molecule has 0 saturated heterocycles. The number of nitro benzene ring substituents is 1. The average Bonchev–Trinajstić information content (AvgIpc) is 1.85. The van der Waals surface area contributed by atoms with E-state index >= 15 is 0 Å². The molecule has 0 radical (unpaired) electrons. The van der Waals surface area contributed by atoms with Crippen LogP contribution in [0.15, 0.2) is 18.2 Å². The van der Waals surface area contributed by atoms with Crippen LogP contribution in [0.2, 0.25) is 0 Å². The molecule has 4 nitrogen and oxygen atoms in total. The highest BCUT2D eigenvalue weighted by Crippen LogP contribution is 2.22. The van der Waals surface area contributed by atoms with Gasteiger partial charge in [-0.2, -0.15) is 0 Å². The third kappa shape index (κ3) is 1.79. The first-order valence-electron chi connectivity index (χ1n) is 2.80. The number of benzene rings is 1. The Hall–Kier alpha value is -0.850. The Morgan fingerprint density at radius 1 is 1.55 bits per heavy atom. The van der Waals surface area contributed by atoms with Gasteiger partial charge in [-0.15, -0.1) is 0 Å². The fraction of sp³-hybridized carbons (Fsp3) is 0. The molecule has 0 heterocycles. The third-order valence-corrected chi connectivity index (χ3v) is 2.03. The molecule has 0 spiro atoms. The van der Waals surface area contributed by atoms with Gasteiger partial charge in [-0.3, -0.25) is 10.1 Å². The normalized spacial score (nSPS) is 9.55. The summed E-state index contributed by atoms with van der Waals surface area (Å²) in [5.41, 5.74) is 6.04. The Morgan fingerprint density at radius 3 is 2.64 bits per heavy atom. The fourth-order valence-electron chi connectivity index (χ4n) is 0.671. The smallest absolute Gasteiger partial charge is 0.282 e. The van der Waals surface area contributed by atoms with Crippen molar-refractivity contribution < 1.29 is 4.92 Å². The summed E-state index contributed by atoms with van der Waals surface area (Å²) < 4.78 is 0.563. The molecule has 0 unspecified atom stereocenters. The van der Waals surface area contributed by atoms with Crippen molar-refractivity contribution in [3.8, 4) is 0 Å². The van der Waals surface area contributed by atoms with Crippen molar-refractivity contribution in [1.29, 1.82) is 0 Å². The fourth-order valence-corrected chi connectivity index (χ4v) is 1.41. The van der Waals surface area contributed by atoms with Gasteiger partial charge in [0.25, 0.3) is 5.69 Å². The van der Waals surface area contributed by atoms with Gasteiger partial charge in [0, 0.05) is 11.8 Å². The maximum Gasteiger partial charge on any atom is 0.282 e. The molecule has 1 aromatic carbocycles. The predicted molar refractivity (Wildman–Crippen MR) is 50.2 cm³/mol. The van der Waals surface area contributed by atoms with Gasteiger partial charge >= 0.3 is 0 Å². The number of rotatable bonds is 1. The molecule has 1 rings (SSSR count). The van der Waals surface area contributed by atoms with E-state index in [1.165, 1.54) is 12.1 Å². The predicted octanol–water partition coefficient (Wildman–Crippen LogP) is 1.78. The number of hydrogen-bond donors (Lipinski definition) is 1. The molecule has 58 valence electrons. The van der Waals surface area contributed by atoms with Crippen LogP contribution in [0.4, 0.5) is 11.4 Å². The largest absolute Gasteiger partial charge is 0.399 e. The molecule has 0 bridgehead atoms. The first kappa shape index (κ1) is 8.25. The number of hydrogen-bond acceptors (Lipinski definition) is 3. The topological polar surface area (TPSA) is 69.2 Å². The second kappa shape index (κ2) is 3.04. The minimum absolute atomic E-state index is 0.0970. The van der Waals surface area contributed by atoms with E-state index in [1.807, 2.05) is 22.6 Å². The Bertz CT molecular complexity index is 301. The maximum atomic E-state index is 10.3. The van der Waals surface area contributed by atoms with Gasteiger partial charge in [-0.1, -0.05) is 0 Å². The van der Waals surface area contributed by atoms with Gasteiger partial charge < -0.3 is 5.73 Å². The number of nitrogens with zero attached hydrogens (tertiary/aromatic N) is 1. The number of nitrogens with two attached hydrogens (primary N) is 1. The lowest BCUT2D eigenvalue weighted by molar-refractivity contribution is -0.385. The van der Waals surface area contributed by atoms with E-state index in [0.29, 0.717) is 9.26 Å². The van der Waals surface area contributed by atoms with E-state index in [1.54, 1.807) is 6.07 Å². The van der Waals surface area contributed by atoms with Crippen molar-refractivity contribution in [2.24, 2.45) is 0 Å². The molecule has 1 aromatic rings. The minimum atomic E-state index is -0.429. The van der Waals surface area contributed by atoms with Crippen LogP contribution in [0.5, 0.6) is 0 Å².